The molecule has 18 heavy (non-hydrogen) atoms. The van der Waals surface area contributed by atoms with Gasteiger partial charge in [-0.1, -0.05) is 39.8 Å². The summed E-state index contributed by atoms with van der Waals surface area (Å²) in [5, 5.41) is 0. The Labute approximate surface area is 110 Å². The predicted molar refractivity (Wildman–Crippen MR) is 74.6 cm³/mol. The topological polar surface area (TPSA) is 26.3 Å². The van der Waals surface area contributed by atoms with E-state index < -0.39 is 0 Å². The number of hydrogen-bond acceptors (Lipinski definition) is 2. The first kappa shape index (κ1) is 14.7. The average molecular weight is 248 g/mol. The fourth-order valence-corrected chi connectivity index (χ4v) is 1.90. The summed E-state index contributed by atoms with van der Waals surface area (Å²) in [7, 11) is 0. The Morgan fingerprint density at radius 3 is 2.00 bits per heavy atom. The number of carbonyl (C=O) groups is 1. The molecule has 2 nitrogen and oxygen atoms in total. The van der Waals surface area contributed by atoms with Gasteiger partial charge in [0.05, 0.1) is 5.92 Å². The van der Waals surface area contributed by atoms with Crippen molar-refractivity contribution in [1.82, 2.24) is 0 Å². The van der Waals surface area contributed by atoms with Crippen LogP contribution in [-0.2, 0) is 16.1 Å². The number of ether oxygens (including phenoxy) is 1. The maximum absolute atomic E-state index is 11.5. The Hall–Kier alpha value is -1.31. The van der Waals surface area contributed by atoms with Gasteiger partial charge in [-0.15, -0.1) is 0 Å². The SMILES string of the molecule is Cc1cc(C(C)C)cc(C)c1COC(=O)C(C)C. The number of hydrogen-bond donors (Lipinski definition) is 0. The van der Waals surface area contributed by atoms with E-state index in [0.717, 1.165) is 5.56 Å². The maximum atomic E-state index is 11.5. The largest absolute Gasteiger partial charge is 0.461 e. The van der Waals surface area contributed by atoms with Crippen molar-refractivity contribution in [3.63, 3.8) is 0 Å². The zero-order valence-electron chi connectivity index (χ0n) is 12.3. The molecule has 0 aliphatic heterocycles. The van der Waals surface area contributed by atoms with Crippen LogP contribution in [0.1, 0.15) is 55.9 Å². The second-order valence-corrected chi connectivity index (χ2v) is 5.55. The monoisotopic (exact) mass is 248 g/mol. The van der Waals surface area contributed by atoms with Gasteiger partial charge in [0.25, 0.3) is 0 Å². The molecule has 100 valence electrons. The summed E-state index contributed by atoms with van der Waals surface area (Å²) in [5.41, 5.74) is 4.88. The van der Waals surface area contributed by atoms with Crippen molar-refractivity contribution in [2.75, 3.05) is 0 Å². The lowest BCUT2D eigenvalue weighted by molar-refractivity contribution is -0.148. The predicted octanol–water partition coefficient (Wildman–Crippen LogP) is 4.13. The van der Waals surface area contributed by atoms with E-state index in [4.69, 9.17) is 4.74 Å². The molecule has 0 fully saturated rings. The smallest absolute Gasteiger partial charge is 0.308 e. The Morgan fingerprint density at radius 2 is 1.61 bits per heavy atom. The van der Waals surface area contributed by atoms with Crippen molar-refractivity contribution < 1.29 is 9.53 Å². The first-order chi connectivity index (χ1) is 8.32. The molecule has 1 rings (SSSR count). The number of benzene rings is 1. The lowest BCUT2D eigenvalue weighted by atomic mass is 9.94. The summed E-state index contributed by atoms with van der Waals surface area (Å²) >= 11 is 0. The van der Waals surface area contributed by atoms with Gasteiger partial charge in [-0.3, -0.25) is 4.79 Å². The van der Waals surface area contributed by atoms with E-state index in [2.05, 4.69) is 39.8 Å². The van der Waals surface area contributed by atoms with Crippen molar-refractivity contribution in [3.8, 4) is 0 Å². The lowest BCUT2D eigenvalue weighted by Gasteiger charge is -2.15. The molecule has 0 spiro atoms. The standard InChI is InChI=1S/C16H24O2/c1-10(2)14-7-12(5)15(13(6)8-14)9-18-16(17)11(3)4/h7-8,10-11H,9H2,1-6H3. The molecule has 0 aliphatic carbocycles. The summed E-state index contributed by atoms with van der Waals surface area (Å²) in [4.78, 5) is 11.5. The van der Waals surface area contributed by atoms with Crippen LogP contribution in [0, 0.1) is 19.8 Å². The maximum Gasteiger partial charge on any atom is 0.308 e. The van der Waals surface area contributed by atoms with Crippen LogP contribution in [0.5, 0.6) is 0 Å². The summed E-state index contributed by atoms with van der Waals surface area (Å²) < 4.78 is 5.31. The normalized spacial score (nSPS) is 11.1. The molecule has 0 unspecified atom stereocenters. The van der Waals surface area contributed by atoms with Crippen LogP contribution in [0.2, 0.25) is 0 Å². The minimum absolute atomic E-state index is 0.0689. The Balaban J connectivity index is 2.87. The molecule has 0 bridgehead atoms. The third-order valence-corrected chi connectivity index (χ3v) is 3.22. The van der Waals surface area contributed by atoms with Crippen LogP contribution in [0.25, 0.3) is 0 Å². The van der Waals surface area contributed by atoms with Gasteiger partial charge < -0.3 is 4.74 Å². The molecule has 0 radical (unpaired) electrons. The van der Waals surface area contributed by atoms with Crippen LogP contribution in [0.15, 0.2) is 12.1 Å². The molecule has 1 aromatic carbocycles. The Morgan fingerprint density at radius 1 is 1.11 bits per heavy atom. The molecular weight excluding hydrogens is 224 g/mol. The van der Waals surface area contributed by atoms with Crippen molar-refractivity contribution in [2.24, 2.45) is 5.92 Å². The average Bonchev–Trinajstić information content (AvgIpc) is 2.26. The highest BCUT2D eigenvalue weighted by molar-refractivity contribution is 5.71. The van der Waals surface area contributed by atoms with Crippen molar-refractivity contribution in [2.45, 2.75) is 54.1 Å². The van der Waals surface area contributed by atoms with E-state index in [9.17, 15) is 4.79 Å². The van der Waals surface area contributed by atoms with Crippen LogP contribution < -0.4 is 0 Å². The van der Waals surface area contributed by atoms with Gasteiger partial charge in [0.15, 0.2) is 0 Å². The molecule has 0 heterocycles. The molecule has 0 aromatic heterocycles. The van der Waals surface area contributed by atoms with E-state index in [-0.39, 0.29) is 11.9 Å². The van der Waals surface area contributed by atoms with Crippen LogP contribution in [-0.4, -0.2) is 5.97 Å². The zero-order chi connectivity index (χ0) is 13.9. The Kier molecular flexibility index (Phi) is 4.94. The van der Waals surface area contributed by atoms with Crippen molar-refractivity contribution in [1.29, 1.82) is 0 Å². The molecule has 0 saturated carbocycles. The van der Waals surface area contributed by atoms with Gasteiger partial charge >= 0.3 is 5.97 Å². The molecule has 2 heteroatoms. The highest BCUT2D eigenvalue weighted by Gasteiger charge is 2.12. The van der Waals surface area contributed by atoms with Crippen molar-refractivity contribution in [3.05, 3.63) is 34.4 Å². The van der Waals surface area contributed by atoms with Gasteiger partial charge in [-0.05, 0) is 42.0 Å². The Bertz CT molecular complexity index is 408. The summed E-state index contributed by atoms with van der Waals surface area (Å²) in [6.45, 7) is 12.6. The van der Waals surface area contributed by atoms with Gasteiger partial charge in [0, 0.05) is 0 Å². The number of carbonyl (C=O) groups excluding carboxylic acids is 1. The van der Waals surface area contributed by atoms with E-state index in [1.165, 1.54) is 16.7 Å². The van der Waals surface area contributed by atoms with Gasteiger partial charge in [-0.25, -0.2) is 0 Å². The van der Waals surface area contributed by atoms with Gasteiger partial charge in [0.2, 0.25) is 0 Å². The number of rotatable bonds is 4. The van der Waals surface area contributed by atoms with E-state index in [1.807, 2.05) is 13.8 Å². The molecule has 0 aliphatic rings. The van der Waals surface area contributed by atoms with E-state index in [0.29, 0.717) is 12.5 Å². The lowest BCUT2D eigenvalue weighted by Crippen LogP contribution is -2.12. The van der Waals surface area contributed by atoms with Gasteiger partial charge in [-0.2, -0.15) is 0 Å². The number of esters is 1. The fourth-order valence-electron chi connectivity index (χ4n) is 1.90. The first-order valence-electron chi connectivity index (χ1n) is 6.59. The van der Waals surface area contributed by atoms with E-state index >= 15 is 0 Å². The summed E-state index contributed by atoms with van der Waals surface area (Å²) in [6, 6.07) is 4.38. The third-order valence-electron chi connectivity index (χ3n) is 3.22. The van der Waals surface area contributed by atoms with Crippen LogP contribution in [0.3, 0.4) is 0 Å². The van der Waals surface area contributed by atoms with Crippen molar-refractivity contribution >= 4 is 5.97 Å². The fraction of sp³-hybridized carbons (Fsp3) is 0.562. The number of aryl methyl sites for hydroxylation is 2. The molecule has 0 atom stereocenters. The molecule has 0 N–H and O–H groups in total. The quantitative estimate of drug-likeness (QED) is 0.749. The third kappa shape index (κ3) is 3.59. The molecule has 0 amide bonds. The summed E-state index contributed by atoms with van der Waals surface area (Å²) in [5.74, 6) is 0.317. The minimum Gasteiger partial charge on any atom is -0.461 e. The zero-order valence-corrected chi connectivity index (χ0v) is 12.3. The molecule has 0 saturated heterocycles. The minimum atomic E-state index is -0.137. The van der Waals surface area contributed by atoms with E-state index in [1.54, 1.807) is 0 Å². The summed E-state index contributed by atoms with van der Waals surface area (Å²) in [6.07, 6.45) is 0. The highest BCUT2D eigenvalue weighted by atomic mass is 16.5. The molecule has 1 aromatic rings. The molecular formula is C16H24O2. The van der Waals surface area contributed by atoms with Gasteiger partial charge in [0.1, 0.15) is 6.61 Å². The first-order valence-corrected chi connectivity index (χ1v) is 6.59. The van der Waals surface area contributed by atoms with Crippen LogP contribution in [0.4, 0.5) is 0 Å². The van der Waals surface area contributed by atoms with Crippen LogP contribution >= 0.6 is 0 Å². The second-order valence-electron chi connectivity index (χ2n) is 5.55. The highest BCUT2D eigenvalue weighted by Crippen LogP contribution is 2.23. The second kappa shape index (κ2) is 6.03.